The van der Waals surface area contributed by atoms with Crippen LogP contribution < -0.4 is 10.2 Å². The number of amides is 1. The second-order valence-corrected chi connectivity index (χ2v) is 10.8. The number of nitrogens with one attached hydrogen (secondary N) is 1. The van der Waals surface area contributed by atoms with Gasteiger partial charge in [-0.05, 0) is 53.6 Å². The van der Waals surface area contributed by atoms with Crippen LogP contribution in [0, 0.1) is 24.6 Å². The summed E-state index contributed by atoms with van der Waals surface area (Å²) in [6, 6.07) is 9.40. The molecule has 1 fully saturated rings. The Hall–Kier alpha value is -3.03. The number of aliphatic carboxylic acids is 1. The molecule has 0 radical (unpaired) electrons. The van der Waals surface area contributed by atoms with Crippen LogP contribution in [0.25, 0.3) is 0 Å². The summed E-state index contributed by atoms with van der Waals surface area (Å²) in [5.74, 6) is -4.74. The molecule has 0 aliphatic heterocycles. The predicted molar refractivity (Wildman–Crippen MR) is 135 cm³/mol. The van der Waals surface area contributed by atoms with Crippen molar-refractivity contribution in [3.63, 3.8) is 0 Å². The molecule has 196 valence electrons. The molecule has 1 saturated carbocycles. The number of hydrogen-bond donors (Lipinski definition) is 2. The van der Waals surface area contributed by atoms with Gasteiger partial charge in [-0.2, -0.15) is 0 Å². The molecule has 0 atom stereocenters. The highest BCUT2D eigenvalue weighted by atomic mass is 19.3. The number of carboxylic acids is 1. The Morgan fingerprint density at radius 2 is 1.64 bits per heavy atom. The van der Waals surface area contributed by atoms with Gasteiger partial charge in [0.2, 0.25) is 5.91 Å². The van der Waals surface area contributed by atoms with Crippen molar-refractivity contribution in [2.45, 2.75) is 65.2 Å². The quantitative estimate of drug-likeness (QED) is 0.405. The van der Waals surface area contributed by atoms with Crippen LogP contribution in [0.5, 0.6) is 0 Å². The van der Waals surface area contributed by atoms with E-state index in [2.05, 4.69) is 37.9 Å². The van der Waals surface area contributed by atoms with Gasteiger partial charge in [-0.15, -0.1) is 0 Å². The summed E-state index contributed by atoms with van der Waals surface area (Å²) >= 11 is 0. The largest absolute Gasteiger partial charge is 0.481 e. The minimum Gasteiger partial charge on any atom is -0.481 e. The van der Waals surface area contributed by atoms with Gasteiger partial charge in [0.1, 0.15) is 11.2 Å². The lowest BCUT2D eigenvalue weighted by Crippen LogP contribution is -2.54. The molecule has 3 rings (SSSR count). The Labute approximate surface area is 210 Å². The van der Waals surface area contributed by atoms with Crippen molar-refractivity contribution < 1.29 is 27.9 Å². The minimum atomic E-state index is -3.05. The van der Waals surface area contributed by atoms with E-state index < -0.39 is 41.9 Å². The third kappa shape index (κ3) is 6.20. The SMILES string of the molecule is Cc1ccc(CC(=O)Nc2cc(C3(C(=O)O)CC(F)(F)C3)ccc2N(CC(C)C)CC(C)C)c(F)c1. The number of alkyl halides is 2. The Balaban J connectivity index is 2.01. The normalized spacial score (nSPS) is 16.1. The first-order valence-electron chi connectivity index (χ1n) is 12.3. The lowest BCUT2D eigenvalue weighted by atomic mass is 9.62. The maximum Gasteiger partial charge on any atom is 0.314 e. The molecule has 36 heavy (non-hydrogen) atoms. The van der Waals surface area contributed by atoms with Gasteiger partial charge in [-0.25, -0.2) is 13.2 Å². The second-order valence-electron chi connectivity index (χ2n) is 10.8. The number of aryl methyl sites for hydroxylation is 1. The highest BCUT2D eigenvalue weighted by Gasteiger charge is 2.62. The number of nitrogens with zero attached hydrogens (tertiary/aromatic N) is 1. The molecular formula is C28H35F3N2O3. The van der Waals surface area contributed by atoms with Crippen LogP contribution in [0.2, 0.25) is 0 Å². The fourth-order valence-electron chi connectivity index (χ4n) is 4.84. The lowest BCUT2D eigenvalue weighted by Gasteiger charge is -2.44. The zero-order chi connectivity index (χ0) is 26.8. The van der Waals surface area contributed by atoms with Gasteiger partial charge < -0.3 is 15.3 Å². The van der Waals surface area contributed by atoms with Gasteiger partial charge in [0, 0.05) is 25.9 Å². The van der Waals surface area contributed by atoms with Crippen molar-refractivity contribution in [2.24, 2.45) is 11.8 Å². The first-order valence-corrected chi connectivity index (χ1v) is 12.3. The molecule has 2 aromatic rings. The van der Waals surface area contributed by atoms with Crippen molar-refractivity contribution in [2.75, 3.05) is 23.3 Å². The Morgan fingerprint density at radius 1 is 1.03 bits per heavy atom. The number of anilines is 2. The molecule has 0 spiro atoms. The van der Waals surface area contributed by atoms with E-state index in [9.17, 15) is 27.9 Å². The highest BCUT2D eigenvalue weighted by molar-refractivity contribution is 5.96. The monoisotopic (exact) mass is 504 g/mol. The van der Waals surface area contributed by atoms with Gasteiger partial charge in [0.15, 0.2) is 0 Å². The third-order valence-corrected chi connectivity index (χ3v) is 6.42. The molecule has 8 heteroatoms. The van der Waals surface area contributed by atoms with E-state index in [4.69, 9.17) is 0 Å². The zero-order valence-corrected chi connectivity index (χ0v) is 21.5. The number of halogens is 3. The molecule has 1 aliphatic rings. The fraction of sp³-hybridized carbons (Fsp3) is 0.500. The van der Waals surface area contributed by atoms with Crippen molar-refractivity contribution in [3.8, 4) is 0 Å². The topological polar surface area (TPSA) is 69.6 Å². The van der Waals surface area contributed by atoms with Gasteiger partial charge in [-0.3, -0.25) is 9.59 Å². The number of hydrogen-bond acceptors (Lipinski definition) is 3. The van der Waals surface area contributed by atoms with E-state index >= 15 is 0 Å². The summed E-state index contributed by atoms with van der Waals surface area (Å²) in [5.41, 5.74) is 0.479. The Morgan fingerprint density at radius 3 is 2.14 bits per heavy atom. The molecule has 0 heterocycles. The maximum absolute atomic E-state index is 14.4. The van der Waals surface area contributed by atoms with Gasteiger partial charge >= 0.3 is 5.97 Å². The van der Waals surface area contributed by atoms with Crippen molar-refractivity contribution in [1.29, 1.82) is 0 Å². The number of benzene rings is 2. The van der Waals surface area contributed by atoms with Crippen LogP contribution in [-0.2, 0) is 21.4 Å². The molecular weight excluding hydrogens is 469 g/mol. The van der Waals surface area contributed by atoms with E-state index in [0.717, 1.165) is 5.56 Å². The van der Waals surface area contributed by atoms with E-state index in [1.807, 2.05) is 0 Å². The number of carbonyl (C=O) groups excluding carboxylic acids is 1. The van der Waals surface area contributed by atoms with Crippen LogP contribution >= 0.6 is 0 Å². The van der Waals surface area contributed by atoms with E-state index in [1.54, 1.807) is 31.2 Å². The number of rotatable bonds is 10. The Kier molecular flexibility index (Phi) is 8.06. The molecule has 5 nitrogen and oxygen atoms in total. The van der Waals surface area contributed by atoms with Gasteiger partial charge in [-0.1, -0.05) is 45.9 Å². The summed E-state index contributed by atoms with van der Waals surface area (Å²) in [5, 5.41) is 12.7. The highest BCUT2D eigenvalue weighted by Crippen LogP contribution is 2.54. The van der Waals surface area contributed by atoms with Crippen LogP contribution in [0.3, 0.4) is 0 Å². The summed E-state index contributed by atoms with van der Waals surface area (Å²) in [4.78, 5) is 27.2. The smallest absolute Gasteiger partial charge is 0.314 e. The molecule has 0 aromatic heterocycles. The van der Waals surface area contributed by atoms with Gasteiger partial charge in [0.05, 0.1) is 17.8 Å². The second kappa shape index (κ2) is 10.5. The summed E-state index contributed by atoms with van der Waals surface area (Å²) < 4.78 is 42.0. The molecule has 2 aromatic carbocycles. The molecule has 1 amide bonds. The van der Waals surface area contributed by atoms with E-state index in [-0.39, 0.29) is 17.5 Å². The lowest BCUT2D eigenvalue weighted by molar-refractivity contribution is -0.174. The Bertz CT molecular complexity index is 1110. The van der Waals surface area contributed by atoms with Crippen LogP contribution in [0.4, 0.5) is 24.5 Å². The van der Waals surface area contributed by atoms with E-state index in [1.165, 1.54) is 12.1 Å². The third-order valence-electron chi connectivity index (χ3n) is 6.42. The average molecular weight is 505 g/mol. The first kappa shape index (κ1) is 27.6. The summed E-state index contributed by atoms with van der Waals surface area (Å²) in [6.45, 7) is 11.4. The standard InChI is InChI=1S/C28H35F3N2O3/c1-17(2)13-33(14-18(3)4)24-9-8-21(27(26(35)36)15-28(30,31)16-27)12-23(24)32-25(34)11-20-7-6-19(5)10-22(20)29/h6-10,12,17-18H,11,13-16H2,1-5H3,(H,32,34)(H,35,36). The molecule has 0 unspecified atom stereocenters. The van der Waals surface area contributed by atoms with Crippen LogP contribution in [0.1, 0.15) is 57.2 Å². The molecule has 1 aliphatic carbocycles. The van der Waals surface area contributed by atoms with Crippen molar-refractivity contribution in [3.05, 3.63) is 58.9 Å². The molecule has 2 N–H and O–H groups in total. The van der Waals surface area contributed by atoms with Crippen molar-refractivity contribution >= 4 is 23.3 Å². The number of carbonyl (C=O) groups is 2. The number of carboxylic acid groups (broad SMARTS) is 1. The average Bonchev–Trinajstić information content (AvgIpc) is 2.72. The first-order chi connectivity index (χ1) is 16.7. The molecule has 0 bridgehead atoms. The maximum atomic E-state index is 14.4. The van der Waals surface area contributed by atoms with Gasteiger partial charge in [0.25, 0.3) is 5.92 Å². The minimum absolute atomic E-state index is 0.216. The summed E-state index contributed by atoms with van der Waals surface area (Å²) in [7, 11) is 0. The molecule has 0 saturated heterocycles. The van der Waals surface area contributed by atoms with Crippen LogP contribution in [0.15, 0.2) is 36.4 Å². The van der Waals surface area contributed by atoms with Crippen LogP contribution in [-0.4, -0.2) is 36.0 Å². The fourth-order valence-corrected chi connectivity index (χ4v) is 4.84. The predicted octanol–water partition coefficient (Wildman–Crippen LogP) is 6.19. The van der Waals surface area contributed by atoms with Crippen molar-refractivity contribution in [1.82, 2.24) is 0 Å². The summed E-state index contributed by atoms with van der Waals surface area (Å²) in [6.07, 6.45) is -1.80. The van der Waals surface area contributed by atoms with E-state index in [0.29, 0.717) is 36.3 Å². The zero-order valence-electron chi connectivity index (χ0n) is 21.5.